The molecule has 0 bridgehead atoms. The first-order valence-corrected chi connectivity index (χ1v) is 11.0. The fourth-order valence-electron chi connectivity index (χ4n) is 3.51. The lowest BCUT2D eigenvalue weighted by atomic mass is 10.2. The maximum atomic E-state index is 12.7. The van der Waals surface area contributed by atoms with Crippen molar-refractivity contribution < 1.29 is 22.3 Å². The van der Waals surface area contributed by atoms with Crippen molar-refractivity contribution in [3.63, 3.8) is 0 Å². The van der Waals surface area contributed by atoms with Gasteiger partial charge in [-0.2, -0.15) is 28.1 Å². The summed E-state index contributed by atoms with van der Waals surface area (Å²) in [7, 11) is 0. The minimum atomic E-state index is -4.49. The van der Waals surface area contributed by atoms with Crippen LogP contribution in [0.1, 0.15) is 17.2 Å². The van der Waals surface area contributed by atoms with Gasteiger partial charge in [-0.3, -0.25) is 9.88 Å². The van der Waals surface area contributed by atoms with E-state index in [4.69, 9.17) is 9.15 Å². The molecule has 0 aromatic carbocycles. The van der Waals surface area contributed by atoms with E-state index < -0.39 is 12.8 Å². The molecule has 3 aromatic rings. The van der Waals surface area contributed by atoms with Gasteiger partial charge in [0.25, 0.3) is 0 Å². The summed E-state index contributed by atoms with van der Waals surface area (Å²) in [5.74, 6) is 1.80. The fraction of sp³-hybridized carbons (Fsp3) is 0.455. The summed E-state index contributed by atoms with van der Waals surface area (Å²) in [4.78, 5) is 21.1. The Hall–Kier alpha value is -3.41. The molecule has 0 unspecified atom stereocenters. The molecule has 1 aliphatic rings. The molecule has 1 aliphatic heterocycles. The maximum absolute atomic E-state index is 12.7. The van der Waals surface area contributed by atoms with E-state index in [2.05, 4.69) is 30.2 Å². The van der Waals surface area contributed by atoms with Crippen LogP contribution in [0.2, 0.25) is 0 Å². The third-order valence-corrected chi connectivity index (χ3v) is 5.25. The van der Waals surface area contributed by atoms with Crippen LogP contribution in [0.4, 0.5) is 25.1 Å². The van der Waals surface area contributed by atoms with Gasteiger partial charge in [-0.1, -0.05) is 6.07 Å². The lowest BCUT2D eigenvalue weighted by Crippen LogP contribution is -2.47. The number of hydrogen-bond donors (Lipinski definition) is 1. The van der Waals surface area contributed by atoms with Crippen LogP contribution in [0.3, 0.4) is 0 Å². The van der Waals surface area contributed by atoms with E-state index in [9.17, 15) is 13.2 Å². The molecule has 4 rings (SSSR count). The van der Waals surface area contributed by atoms with Crippen molar-refractivity contribution in [1.82, 2.24) is 24.8 Å². The number of aromatic nitrogens is 4. The third-order valence-electron chi connectivity index (χ3n) is 5.25. The smallest absolute Gasteiger partial charge is 0.422 e. The number of hydrogen-bond acceptors (Lipinski definition) is 9. The number of alkyl halides is 3. The SMILES string of the molecule is Cc1ccc(CNc2nc(OCC(F)(F)F)nc(N3CCN(CCc4ccccn4)CC3)n2)o1. The van der Waals surface area contributed by atoms with E-state index in [0.29, 0.717) is 18.8 Å². The van der Waals surface area contributed by atoms with Crippen LogP contribution >= 0.6 is 0 Å². The van der Waals surface area contributed by atoms with Gasteiger partial charge in [0, 0.05) is 51.0 Å². The highest BCUT2D eigenvalue weighted by molar-refractivity contribution is 5.39. The Morgan fingerprint density at radius 3 is 2.56 bits per heavy atom. The zero-order chi connectivity index (χ0) is 24.0. The minimum Gasteiger partial charge on any atom is -0.465 e. The predicted octanol–water partition coefficient (Wildman–Crippen LogP) is 3.09. The van der Waals surface area contributed by atoms with Crippen molar-refractivity contribution in [3.8, 4) is 6.01 Å². The molecule has 4 heterocycles. The fourth-order valence-corrected chi connectivity index (χ4v) is 3.51. The Balaban J connectivity index is 1.39. The van der Waals surface area contributed by atoms with E-state index >= 15 is 0 Å². The van der Waals surface area contributed by atoms with Gasteiger partial charge >= 0.3 is 12.2 Å². The standard InChI is InChI=1S/C22H26F3N7O2/c1-16-5-6-18(34-16)14-27-19-28-20(30-21(29-19)33-15-22(23,24)25)32-12-10-31(11-13-32)9-7-17-4-2-3-8-26-17/h2-6,8H,7,9-15H2,1H3,(H,27,28,29,30). The molecule has 0 amide bonds. The molecule has 1 saturated heterocycles. The normalized spacial score (nSPS) is 14.9. The first-order valence-electron chi connectivity index (χ1n) is 11.0. The number of furan rings is 1. The van der Waals surface area contributed by atoms with E-state index in [1.807, 2.05) is 36.1 Å². The van der Waals surface area contributed by atoms with Crippen LogP contribution in [0.25, 0.3) is 0 Å². The minimum absolute atomic E-state index is 0.119. The van der Waals surface area contributed by atoms with E-state index in [1.54, 1.807) is 12.3 Å². The molecule has 12 heteroatoms. The second-order valence-corrected chi connectivity index (χ2v) is 7.91. The molecule has 182 valence electrons. The van der Waals surface area contributed by atoms with Crippen molar-refractivity contribution in [2.45, 2.75) is 26.1 Å². The molecule has 9 nitrogen and oxygen atoms in total. The third kappa shape index (κ3) is 7.04. The number of ether oxygens (including phenoxy) is 1. The molecule has 34 heavy (non-hydrogen) atoms. The van der Waals surface area contributed by atoms with Crippen LogP contribution < -0.4 is 15.0 Å². The van der Waals surface area contributed by atoms with Gasteiger partial charge in [0.05, 0.1) is 6.54 Å². The lowest BCUT2D eigenvalue weighted by molar-refractivity contribution is -0.154. The first-order chi connectivity index (χ1) is 16.3. The Morgan fingerprint density at radius 2 is 1.88 bits per heavy atom. The summed E-state index contributed by atoms with van der Waals surface area (Å²) < 4.78 is 48.3. The summed E-state index contributed by atoms with van der Waals surface area (Å²) in [6.07, 6.45) is -1.86. The Bertz CT molecular complexity index is 1050. The van der Waals surface area contributed by atoms with Gasteiger partial charge in [-0.05, 0) is 31.2 Å². The summed E-state index contributed by atoms with van der Waals surface area (Å²) in [5, 5.41) is 2.98. The second kappa shape index (κ2) is 10.7. The quantitative estimate of drug-likeness (QED) is 0.499. The summed E-state index contributed by atoms with van der Waals surface area (Å²) in [5.41, 5.74) is 1.04. The first kappa shape index (κ1) is 23.7. The molecule has 1 fully saturated rings. The van der Waals surface area contributed by atoms with E-state index in [0.717, 1.165) is 37.5 Å². The summed E-state index contributed by atoms with van der Waals surface area (Å²) in [6, 6.07) is 9.11. The van der Waals surface area contributed by atoms with E-state index in [-0.39, 0.29) is 24.5 Å². The van der Waals surface area contributed by atoms with Crippen LogP contribution in [-0.2, 0) is 13.0 Å². The number of nitrogens with one attached hydrogen (secondary N) is 1. The second-order valence-electron chi connectivity index (χ2n) is 7.91. The molecule has 0 atom stereocenters. The molecule has 1 N–H and O–H groups in total. The largest absolute Gasteiger partial charge is 0.465 e. The Labute approximate surface area is 195 Å². The molecular weight excluding hydrogens is 451 g/mol. The van der Waals surface area contributed by atoms with Crippen LogP contribution in [0, 0.1) is 6.92 Å². The van der Waals surface area contributed by atoms with Crippen molar-refractivity contribution >= 4 is 11.9 Å². The van der Waals surface area contributed by atoms with Gasteiger partial charge in [0.1, 0.15) is 11.5 Å². The zero-order valence-electron chi connectivity index (χ0n) is 18.8. The Kier molecular flexibility index (Phi) is 7.46. The number of anilines is 2. The van der Waals surface area contributed by atoms with Gasteiger partial charge in [-0.15, -0.1) is 0 Å². The van der Waals surface area contributed by atoms with Gasteiger partial charge in [0.15, 0.2) is 6.61 Å². The lowest BCUT2D eigenvalue weighted by Gasteiger charge is -2.34. The molecule has 3 aromatic heterocycles. The number of pyridine rings is 1. The topological polar surface area (TPSA) is 92.4 Å². The highest BCUT2D eigenvalue weighted by Gasteiger charge is 2.29. The predicted molar refractivity (Wildman–Crippen MR) is 119 cm³/mol. The van der Waals surface area contributed by atoms with Gasteiger partial charge in [-0.25, -0.2) is 0 Å². The summed E-state index contributed by atoms with van der Waals surface area (Å²) in [6.45, 7) is 4.29. The number of rotatable bonds is 9. The number of nitrogens with zero attached hydrogens (tertiary/aromatic N) is 6. The van der Waals surface area contributed by atoms with Gasteiger partial charge < -0.3 is 19.4 Å². The average Bonchev–Trinajstić information content (AvgIpc) is 3.26. The molecule has 0 radical (unpaired) electrons. The molecule has 0 saturated carbocycles. The zero-order valence-corrected chi connectivity index (χ0v) is 18.8. The molecular formula is C22H26F3N7O2. The van der Waals surface area contributed by atoms with Crippen LogP contribution in [0.5, 0.6) is 6.01 Å². The van der Waals surface area contributed by atoms with Crippen molar-refractivity contribution in [1.29, 1.82) is 0 Å². The van der Waals surface area contributed by atoms with E-state index in [1.165, 1.54) is 0 Å². The monoisotopic (exact) mass is 477 g/mol. The number of halogens is 3. The van der Waals surface area contributed by atoms with Crippen molar-refractivity contribution in [2.24, 2.45) is 0 Å². The molecule has 0 aliphatic carbocycles. The average molecular weight is 477 g/mol. The van der Waals surface area contributed by atoms with Crippen molar-refractivity contribution in [2.75, 3.05) is 49.5 Å². The molecule has 0 spiro atoms. The van der Waals surface area contributed by atoms with Gasteiger partial charge in [0.2, 0.25) is 11.9 Å². The Morgan fingerprint density at radius 1 is 1.06 bits per heavy atom. The summed E-state index contributed by atoms with van der Waals surface area (Å²) >= 11 is 0. The highest BCUT2D eigenvalue weighted by atomic mass is 19.4. The highest BCUT2D eigenvalue weighted by Crippen LogP contribution is 2.21. The van der Waals surface area contributed by atoms with Crippen molar-refractivity contribution in [3.05, 3.63) is 53.7 Å². The van der Waals surface area contributed by atoms with Crippen LogP contribution in [-0.4, -0.2) is 70.3 Å². The van der Waals surface area contributed by atoms with Crippen LogP contribution in [0.15, 0.2) is 40.9 Å². The maximum Gasteiger partial charge on any atom is 0.422 e. The number of piperazine rings is 1. The number of aryl methyl sites for hydroxylation is 1.